The number of para-hydroxylation sites is 1. The zero-order chi connectivity index (χ0) is 28.7. The molecule has 0 saturated carbocycles. The summed E-state index contributed by atoms with van der Waals surface area (Å²) in [7, 11) is 0. The molecule has 4 aromatic heterocycles. The summed E-state index contributed by atoms with van der Waals surface area (Å²) in [5.74, 6) is -1.33. The number of pyridine rings is 2. The van der Waals surface area contributed by atoms with Gasteiger partial charge in [0.2, 0.25) is 0 Å². The van der Waals surface area contributed by atoms with Gasteiger partial charge >= 0.3 is 0 Å². The van der Waals surface area contributed by atoms with Crippen molar-refractivity contribution in [1.29, 1.82) is 0 Å². The van der Waals surface area contributed by atoms with E-state index in [-0.39, 0.29) is 15.4 Å². The zero-order valence-electron chi connectivity index (χ0n) is 21.6. The lowest BCUT2D eigenvalue weighted by Gasteiger charge is -2.13. The van der Waals surface area contributed by atoms with Crippen molar-refractivity contribution < 1.29 is 18.4 Å². The van der Waals surface area contributed by atoms with Crippen LogP contribution in [-0.4, -0.2) is 31.6 Å². The smallest absolute Gasteiger partial charge is 0.280 e. The summed E-state index contributed by atoms with van der Waals surface area (Å²) in [6.07, 6.45) is 0.685. The molecule has 4 heterocycles. The number of nitrogens with zero attached hydrogens (tertiary/aromatic N) is 4. The fraction of sp³-hybridized carbons (Fsp3) is 0.100. The molecule has 6 aromatic rings. The Bertz CT molecular complexity index is 1950. The quantitative estimate of drug-likeness (QED) is 0.223. The number of rotatable bonds is 7. The number of aromatic nitrogens is 4. The van der Waals surface area contributed by atoms with Crippen molar-refractivity contribution in [1.82, 2.24) is 19.7 Å². The van der Waals surface area contributed by atoms with Crippen LogP contribution in [0.3, 0.4) is 0 Å². The first-order chi connectivity index (χ1) is 19.8. The first-order valence-electron chi connectivity index (χ1n) is 12.7. The Morgan fingerprint density at radius 1 is 1.02 bits per heavy atom. The van der Waals surface area contributed by atoms with Crippen LogP contribution in [0.15, 0.2) is 79.1 Å². The molecule has 0 saturated heterocycles. The minimum absolute atomic E-state index is 0.00672. The summed E-state index contributed by atoms with van der Waals surface area (Å²) in [5.41, 5.74) is 8.60. The van der Waals surface area contributed by atoms with E-state index in [0.717, 1.165) is 16.9 Å². The van der Waals surface area contributed by atoms with Crippen molar-refractivity contribution in [3.63, 3.8) is 0 Å². The van der Waals surface area contributed by atoms with Gasteiger partial charge in [-0.2, -0.15) is 5.10 Å². The number of alkyl halides is 2. The third-order valence-corrected chi connectivity index (χ3v) is 7.76. The molecule has 2 aromatic carbocycles. The number of carbonyl (C=O) groups is 2. The molecule has 0 bridgehead atoms. The summed E-state index contributed by atoms with van der Waals surface area (Å²) in [5, 5.41) is 8.14. The first-order valence-corrected chi connectivity index (χ1v) is 13.5. The topological polar surface area (TPSA) is 116 Å². The number of benzene rings is 2. The number of halogens is 2. The number of anilines is 1. The van der Waals surface area contributed by atoms with E-state index in [9.17, 15) is 18.4 Å². The average molecular weight is 569 g/mol. The van der Waals surface area contributed by atoms with Crippen LogP contribution in [0.4, 0.5) is 14.5 Å². The molecule has 8 nitrogen and oxygen atoms in total. The van der Waals surface area contributed by atoms with E-state index in [4.69, 9.17) is 10.7 Å². The maximum Gasteiger partial charge on any atom is 0.280 e. The molecule has 0 unspecified atom stereocenters. The number of hydrogen-bond acceptors (Lipinski definition) is 6. The molecule has 0 radical (unpaired) electrons. The monoisotopic (exact) mass is 568 g/mol. The molecule has 2 amide bonds. The predicted octanol–water partition coefficient (Wildman–Crippen LogP) is 6.68. The van der Waals surface area contributed by atoms with E-state index in [2.05, 4.69) is 15.4 Å². The van der Waals surface area contributed by atoms with Gasteiger partial charge in [0.25, 0.3) is 18.2 Å². The third kappa shape index (κ3) is 4.80. The predicted molar refractivity (Wildman–Crippen MR) is 155 cm³/mol. The highest BCUT2D eigenvalue weighted by Gasteiger charge is 2.26. The Kier molecular flexibility index (Phi) is 6.72. The Morgan fingerprint density at radius 3 is 2.49 bits per heavy atom. The molecule has 6 rings (SSSR count). The van der Waals surface area contributed by atoms with E-state index in [0.29, 0.717) is 45.2 Å². The zero-order valence-corrected chi connectivity index (χ0v) is 22.5. The second-order valence-electron chi connectivity index (χ2n) is 9.22. The molecule has 0 spiro atoms. The second-order valence-corrected chi connectivity index (χ2v) is 10.2. The van der Waals surface area contributed by atoms with E-state index in [1.54, 1.807) is 65.5 Å². The number of nitrogens with one attached hydrogen (secondary N) is 1. The molecule has 11 heteroatoms. The highest BCUT2D eigenvalue weighted by Crippen LogP contribution is 2.42. The maximum absolute atomic E-state index is 14.0. The maximum atomic E-state index is 14.0. The molecule has 3 N–H and O–H groups in total. The number of amides is 2. The number of aryl methyl sites for hydroxylation is 1. The van der Waals surface area contributed by atoms with Gasteiger partial charge in [-0.15, -0.1) is 11.3 Å². The lowest BCUT2D eigenvalue weighted by atomic mass is 10.0. The normalized spacial score (nSPS) is 11.4. The Labute approximate surface area is 236 Å². The lowest BCUT2D eigenvalue weighted by molar-refractivity contribution is 0.100. The largest absolute Gasteiger partial charge is 0.365 e. The summed E-state index contributed by atoms with van der Waals surface area (Å²) < 4.78 is 29.4. The molecule has 0 aliphatic heterocycles. The summed E-state index contributed by atoms with van der Waals surface area (Å²) in [6.45, 7) is 2.64. The van der Waals surface area contributed by atoms with Crippen LogP contribution in [0.5, 0.6) is 0 Å². The van der Waals surface area contributed by atoms with Crippen LogP contribution in [0, 0.1) is 0 Å². The van der Waals surface area contributed by atoms with Gasteiger partial charge in [-0.25, -0.2) is 18.7 Å². The summed E-state index contributed by atoms with van der Waals surface area (Å²) in [6, 6.07) is 19.0. The van der Waals surface area contributed by atoms with Gasteiger partial charge in [0.05, 0.1) is 28.7 Å². The number of primary amides is 1. The van der Waals surface area contributed by atoms with Crippen LogP contribution in [0.2, 0.25) is 0 Å². The van der Waals surface area contributed by atoms with E-state index >= 15 is 0 Å². The average Bonchev–Trinajstić information content (AvgIpc) is 3.62. The SMILES string of the molecule is CCn1cc(-c2cc(C(=O)Nc3c(C(N)=O)sc4nc(C(F)F)cc(-c5ccccc5)c34)c3ccccc3n2)cn1. The van der Waals surface area contributed by atoms with Gasteiger partial charge in [-0.05, 0) is 36.2 Å². The van der Waals surface area contributed by atoms with Gasteiger partial charge in [0.1, 0.15) is 15.4 Å². The standard InChI is InChI=1S/C30H22F2N6O2S/c1-2-38-15-17(14-34-38)22-13-20(18-10-6-7-11-21(18)35-22)29(40)37-25-24-19(16-8-4-3-5-9-16)12-23(27(31)32)36-30(24)41-26(25)28(33)39/h3-15,27H,2H2,1H3,(H2,33,39)(H,37,40). The van der Waals surface area contributed by atoms with Crippen LogP contribution >= 0.6 is 11.3 Å². The van der Waals surface area contributed by atoms with Crippen molar-refractivity contribution in [2.45, 2.75) is 19.9 Å². The molecule has 204 valence electrons. The molecule has 0 fully saturated rings. The van der Waals surface area contributed by atoms with Crippen LogP contribution in [-0.2, 0) is 6.54 Å². The van der Waals surface area contributed by atoms with Crippen molar-refractivity contribution in [3.8, 4) is 22.4 Å². The van der Waals surface area contributed by atoms with Crippen LogP contribution in [0.1, 0.15) is 39.1 Å². The number of fused-ring (bicyclic) bond motifs is 2. The summed E-state index contributed by atoms with van der Waals surface area (Å²) >= 11 is 0.861. The minimum Gasteiger partial charge on any atom is -0.365 e. The highest BCUT2D eigenvalue weighted by molar-refractivity contribution is 7.21. The van der Waals surface area contributed by atoms with Crippen molar-refractivity contribution in [3.05, 3.63) is 95.3 Å². The third-order valence-electron chi connectivity index (χ3n) is 6.67. The summed E-state index contributed by atoms with van der Waals surface area (Å²) in [4.78, 5) is 35.5. The van der Waals surface area contributed by atoms with Crippen molar-refractivity contribution >= 4 is 50.0 Å². The molecule has 0 atom stereocenters. The van der Waals surface area contributed by atoms with Gasteiger partial charge in [-0.3, -0.25) is 14.3 Å². The second kappa shape index (κ2) is 10.5. The van der Waals surface area contributed by atoms with E-state index in [1.165, 1.54) is 6.07 Å². The molecule has 41 heavy (non-hydrogen) atoms. The van der Waals surface area contributed by atoms with Crippen LogP contribution in [0.25, 0.3) is 43.5 Å². The fourth-order valence-electron chi connectivity index (χ4n) is 4.73. The fourth-order valence-corrected chi connectivity index (χ4v) is 5.74. The van der Waals surface area contributed by atoms with Crippen molar-refractivity contribution in [2.24, 2.45) is 5.73 Å². The van der Waals surface area contributed by atoms with E-state index < -0.39 is 23.9 Å². The number of thiophene rings is 1. The Balaban J connectivity index is 1.54. The minimum atomic E-state index is -2.84. The van der Waals surface area contributed by atoms with Gasteiger partial charge in [0, 0.05) is 29.1 Å². The van der Waals surface area contributed by atoms with Gasteiger partial charge in [0.15, 0.2) is 0 Å². The van der Waals surface area contributed by atoms with Gasteiger partial charge in [-0.1, -0.05) is 48.5 Å². The number of hydrogen-bond donors (Lipinski definition) is 2. The Hall–Kier alpha value is -5.03. The Morgan fingerprint density at radius 2 is 1.78 bits per heavy atom. The first kappa shape index (κ1) is 26.2. The highest BCUT2D eigenvalue weighted by atomic mass is 32.1. The number of nitrogens with two attached hydrogens (primary N) is 1. The number of carbonyl (C=O) groups excluding carboxylic acids is 2. The van der Waals surface area contributed by atoms with Gasteiger partial charge < -0.3 is 11.1 Å². The molecule has 0 aliphatic rings. The molecular formula is C30H22F2N6O2S. The van der Waals surface area contributed by atoms with E-state index in [1.807, 2.05) is 19.2 Å². The molecule has 0 aliphatic carbocycles. The van der Waals surface area contributed by atoms with Crippen molar-refractivity contribution in [2.75, 3.05) is 5.32 Å². The van der Waals surface area contributed by atoms with Crippen LogP contribution < -0.4 is 11.1 Å². The molecular weight excluding hydrogens is 546 g/mol. The lowest BCUT2D eigenvalue weighted by Crippen LogP contribution is -2.17.